The molecule has 0 radical (unpaired) electrons. The zero-order chi connectivity index (χ0) is 14.5. The van der Waals surface area contributed by atoms with E-state index in [1.165, 1.54) is 12.1 Å². The maximum atomic E-state index is 13.3. The summed E-state index contributed by atoms with van der Waals surface area (Å²) in [7, 11) is 0. The number of nitrogens with two attached hydrogens (primary N) is 1. The molecule has 0 saturated heterocycles. The molecule has 0 unspecified atom stereocenters. The lowest BCUT2D eigenvalue weighted by Gasteiger charge is -2.06. The summed E-state index contributed by atoms with van der Waals surface area (Å²) < 4.78 is 31.2. The molecule has 3 nitrogen and oxygen atoms in total. The monoisotopic (exact) mass is 277 g/mol. The van der Waals surface area contributed by atoms with Crippen LogP contribution in [-0.2, 0) is 22.6 Å². The van der Waals surface area contributed by atoms with Crippen LogP contribution in [-0.4, -0.2) is 5.97 Å². The third-order valence-corrected chi connectivity index (χ3v) is 2.75. The summed E-state index contributed by atoms with van der Waals surface area (Å²) in [6.45, 7) is -0.294. The Bertz CT molecular complexity index is 612. The number of nitrogen functional groups attached to an aromatic ring is 1. The molecular formula is C15H13F2NO2. The minimum Gasteiger partial charge on any atom is -0.460 e. The highest BCUT2D eigenvalue weighted by Crippen LogP contribution is 2.13. The van der Waals surface area contributed by atoms with Gasteiger partial charge in [0.05, 0.1) is 6.42 Å². The standard InChI is InChI=1S/C15H13F2NO2/c16-13-3-1-2-11(15(13)17)9-20-14(19)8-10-4-6-12(18)7-5-10/h1-7H,8-9,18H2. The molecule has 0 aliphatic rings. The van der Waals surface area contributed by atoms with Gasteiger partial charge in [0.2, 0.25) is 0 Å². The number of carbonyl (C=O) groups is 1. The zero-order valence-electron chi connectivity index (χ0n) is 10.6. The normalized spacial score (nSPS) is 10.3. The lowest BCUT2D eigenvalue weighted by molar-refractivity contribution is -0.144. The number of rotatable bonds is 4. The van der Waals surface area contributed by atoms with E-state index in [9.17, 15) is 13.6 Å². The first-order valence-electron chi connectivity index (χ1n) is 5.99. The first-order valence-corrected chi connectivity index (χ1v) is 5.99. The van der Waals surface area contributed by atoms with E-state index in [-0.39, 0.29) is 18.6 Å². The topological polar surface area (TPSA) is 52.3 Å². The highest BCUT2D eigenvalue weighted by molar-refractivity contribution is 5.72. The van der Waals surface area contributed by atoms with E-state index in [0.29, 0.717) is 5.69 Å². The van der Waals surface area contributed by atoms with Gasteiger partial charge in [-0.25, -0.2) is 8.78 Å². The van der Waals surface area contributed by atoms with Crippen LogP contribution in [0.2, 0.25) is 0 Å². The molecule has 0 aromatic heterocycles. The van der Waals surface area contributed by atoms with Crippen molar-refractivity contribution in [2.24, 2.45) is 0 Å². The molecule has 5 heteroatoms. The van der Waals surface area contributed by atoms with Crippen molar-refractivity contribution in [2.45, 2.75) is 13.0 Å². The highest BCUT2D eigenvalue weighted by Gasteiger charge is 2.10. The van der Waals surface area contributed by atoms with E-state index in [0.717, 1.165) is 11.6 Å². The van der Waals surface area contributed by atoms with E-state index in [4.69, 9.17) is 10.5 Å². The van der Waals surface area contributed by atoms with Crippen molar-refractivity contribution in [1.29, 1.82) is 0 Å². The van der Waals surface area contributed by atoms with E-state index in [1.807, 2.05) is 0 Å². The number of carbonyl (C=O) groups excluding carboxylic acids is 1. The number of benzene rings is 2. The van der Waals surface area contributed by atoms with Crippen molar-refractivity contribution in [2.75, 3.05) is 5.73 Å². The fourth-order valence-corrected chi connectivity index (χ4v) is 1.67. The van der Waals surface area contributed by atoms with Crippen LogP contribution >= 0.6 is 0 Å². The Kier molecular flexibility index (Phi) is 4.30. The first kappa shape index (κ1) is 14.0. The van der Waals surface area contributed by atoms with Crippen molar-refractivity contribution in [1.82, 2.24) is 0 Å². The molecule has 0 aliphatic carbocycles. The van der Waals surface area contributed by atoms with Crippen LogP contribution in [0.3, 0.4) is 0 Å². The fourth-order valence-electron chi connectivity index (χ4n) is 1.67. The van der Waals surface area contributed by atoms with Gasteiger partial charge in [-0.15, -0.1) is 0 Å². The maximum absolute atomic E-state index is 13.3. The molecule has 2 N–H and O–H groups in total. The third-order valence-electron chi connectivity index (χ3n) is 2.75. The first-order chi connectivity index (χ1) is 9.56. The largest absolute Gasteiger partial charge is 0.460 e. The minimum atomic E-state index is -0.993. The lowest BCUT2D eigenvalue weighted by Crippen LogP contribution is -2.09. The Labute approximate surface area is 115 Å². The molecule has 0 bridgehead atoms. The van der Waals surface area contributed by atoms with Crippen molar-refractivity contribution >= 4 is 11.7 Å². The molecule has 0 spiro atoms. The Hall–Kier alpha value is -2.43. The Morgan fingerprint density at radius 1 is 1.10 bits per heavy atom. The molecule has 0 aliphatic heterocycles. The van der Waals surface area contributed by atoms with E-state index in [1.54, 1.807) is 24.3 Å². The summed E-state index contributed by atoms with van der Waals surface area (Å²) in [4.78, 5) is 11.6. The summed E-state index contributed by atoms with van der Waals surface area (Å²) in [5, 5.41) is 0. The van der Waals surface area contributed by atoms with Gasteiger partial charge < -0.3 is 10.5 Å². The average Bonchev–Trinajstić information content (AvgIpc) is 2.43. The van der Waals surface area contributed by atoms with Gasteiger partial charge in [0.1, 0.15) is 6.61 Å². The number of ether oxygens (including phenoxy) is 1. The number of esters is 1. The molecule has 2 rings (SSSR count). The van der Waals surface area contributed by atoms with Crippen molar-refractivity contribution in [3.8, 4) is 0 Å². The van der Waals surface area contributed by atoms with Crippen molar-refractivity contribution < 1.29 is 18.3 Å². The Balaban J connectivity index is 1.92. The third kappa shape index (κ3) is 3.54. The second-order valence-electron chi connectivity index (χ2n) is 4.29. The maximum Gasteiger partial charge on any atom is 0.310 e. The quantitative estimate of drug-likeness (QED) is 0.690. The van der Waals surface area contributed by atoms with E-state index >= 15 is 0 Å². The van der Waals surface area contributed by atoms with Gasteiger partial charge in [0.25, 0.3) is 0 Å². The van der Waals surface area contributed by atoms with Crippen LogP contribution in [0.1, 0.15) is 11.1 Å². The smallest absolute Gasteiger partial charge is 0.310 e. The van der Waals surface area contributed by atoms with Crippen LogP contribution in [0.25, 0.3) is 0 Å². The molecule has 20 heavy (non-hydrogen) atoms. The molecule has 0 heterocycles. The van der Waals surface area contributed by atoms with Gasteiger partial charge in [-0.2, -0.15) is 0 Å². The molecule has 104 valence electrons. The predicted octanol–water partition coefficient (Wildman–Crippen LogP) is 2.83. The Morgan fingerprint density at radius 3 is 2.50 bits per heavy atom. The van der Waals surface area contributed by atoms with Gasteiger partial charge in [0, 0.05) is 11.3 Å². The number of anilines is 1. The van der Waals surface area contributed by atoms with Crippen LogP contribution in [0.5, 0.6) is 0 Å². The summed E-state index contributed by atoms with van der Waals surface area (Å²) in [6, 6.07) is 10.5. The average molecular weight is 277 g/mol. The predicted molar refractivity (Wildman–Crippen MR) is 70.7 cm³/mol. The highest BCUT2D eigenvalue weighted by atomic mass is 19.2. The molecule has 0 amide bonds. The van der Waals surface area contributed by atoms with Crippen LogP contribution in [0.15, 0.2) is 42.5 Å². The molecule has 2 aromatic carbocycles. The number of hydrogen-bond donors (Lipinski definition) is 1. The second-order valence-corrected chi connectivity index (χ2v) is 4.29. The molecule has 0 atom stereocenters. The van der Waals surface area contributed by atoms with Gasteiger partial charge in [-0.3, -0.25) is 4.79 Å². The molecule has 0 fully saturated rings. The Morgan fingerprint density at radius 2 is 1.80 bits per heavy atom. The molecule has 0 saturated carbocycles. The summed E-state index contributed by atoms with van der Waals surface area (Å²) in [6.07, 6.45) is 0.0528. The van der Waals surface area contributed by atoms with Crippen LogP contribution in [0, 0.1) is 11.6 Å². The van der Waals surface area contributed by atoms with Gasteiger partial charge >= 0.3 is 5.97 Å². The van der Waals surface area contributed by atoms with E-state index in [2.05, 4.69) is 0 Å². The summed E-state index contributed by atoms with van der Waals surface area (Å²) in [5.74, 6) is -2.47. The zero-order valence-corrected chi connectivity index (χ0v) is 10.6. The minimum absolute atomic E-state index is 0.00987. The fraction of sp³-hybridized carbons (Fsp3) is 0.133. The van der Waals surface area contributed by atoms with Crippen molar-refractivity contribution in [3.63, 3.8) is 0 Å². The van der Waals surface area contributed by atoms with Crippen LogP contribution < -0.4 is 5.73 Å². The van der Waals surface area contributed by atoms with Gasteiger partial charge in [0.15, 0.2) is 11.6 Å². The van der Waals surface area contributed by atoms with Crippen LogP contribution in [0.4, 0.5) is 14.5 Å². The van der Waals surface area contributed by atoms with Gasteiger partial charge in [-0.05, 0) is 23.8 Å². The lowest BCUT2D eigenvalue weighted by atomic mass is 10.1. The number of hydrogen-bond acceptors (Lipinski definition) is 3. The summed E-state index contributed by atoms with van der Waals surface area (Å²) in [5.41, 5.74) is 6.88. The van der Waals surface area contributed by atoms with Crippen molar-refractivity contribution in [3.05, 3.63) is 65.2 Å². The van der Waals surface area contributed by atoms with E-state index < -0.39 is 17.6 Å². The molecule has 2 aromatic rings. The SMILES string of the molecule is Nc1ccc(CC(=O)OCc2cccc(F)c2F)cc1. The molecular weight excluding hydrogens is 264 g/mol. The number of halogens is 2. The summed E-state index contributed by atoms with van der Waals surface area (Å²) >= 11 is 0. The second kappa shape index (κ2) is 6.14. The van der Waals surface area contributed by atoms with Gasteiger partial charge in [-0.1, -0.05) is 24.3 Å².